The number of allylic oxidation sites excluding steroid dienone is 1. The van der Waals surface area contributed by atoms with E-state index >= 15 is 0 Å². The molecule has 1 amide bonds. The van der Waals surface area contributed by atoms with Crippen LogP contribution < -0.4 is 5.32 Å². The van der Waals surface area contributed by atoms with Crippen molar-refractivity contribution in [2.45, 2.75) is 63.8 Å². The zero-order valence-electron chi connectivity index (χ0n) is 13.5. The van der Waals surface area contributed by atoms with Gasteiger partial charge in [-0.2, -0.15) is 0 Å². The molecule has 0 aliphatic rings. The van der Waals surface area contributed by atoms with Gasteiger partial charge in [0.15, 0.2) is 0 Å². The van der Waals surface area contributed by atoms with Gasteiger partial charge in [0.25, 0.3) is 0 Å². The Kier molecular flexibility index (Phi) is 9.78. The number of aliphatic carboxylic acids is 1. The van der Waals surface area contributed by atoms with Crippen molar-refractivity contribution in [3.8, 4) is 0 Å². The van der Waals surface area contributed by atoms with E-state index in [0.717, 1.165) is 31.7 Å². The molecule has 2 N–H and O–H groups in total. The lowest BCUT2D eigenvalue weighted by Gasteiger charge is -2.17. The minimum absolute atomic E-state index is 0.354. The SMILES string of the molecule is C=CCCCCCC(NC(=O)OCC[Si](C)(C)C)C(=O)O. The molecule has 1 unspecified atom stereocenters. The maximum absolute atomic E-state index is 11.6. The first-order chi connectivity index (χ1) is 9.76. The predicted octanol–water partition coefficient (Wildman–Crippen LogP) is 3.64. The Balaban J connectivity index is 3.98. The molecule has 122 valence electrons. The van der Waals surface area contributed by atoms with Crippen LogP contribution in [-0.4, -0.2) is 37.9 Å². The summed E-state index contributed by atoms with van der Waals surface area (Å²) in [6.07, 6.45) is 5.27. The van der Waals surface area contributed by atoms with E-state index in [0.29, 0.717) is 13.0 Å². The highest BCUT2D eigenvalue weighted by molar-refractivity contribution is 6.76. The standard InChI is InChI=1S/C15H29NO4Si/c1-5-6-7-8-9-10-13(14(17)18)16-15(19)20-11-12-21(2,3)4/h5,13H,1,6-12H2,2-4H3,(H,16,19)(H,17,18). The molecule has 5 nitrogen and oxygen atoms in total. The van der Waals surface area contributed by atoms with Crippen LogP contribution in [0.1, 0.15) is 32.1 Å². The van der Waals surface area contributed by atoms with Gasteiger partial charge in [-0.1, -0.05) is 38.6 Å². The molecule has 1 atom stereocenters. The summed E-state index contributed by atoms with van der Waals surface area (Å²) in [7, 11) is -1.25. The monoisotopic (exact) mass is 315 g/mol. The van der Waals surface area contributed by atoms with E-state index in [9.17, 15) is 9.59 Å². The van der Waals surface area contributed by atoms with Crippen molar-refractivity contribution >= 4 is 20.1 Å². The van der Waals surface area contributed by atoms with E-state index in [1.807, 2.05) is 6.08 Å². The average molecular weight is 315 g/mol. The summed E-state index contributed by atoms with van der Waals surface area (Å²) < 4.78 is 5.05. The maximum Gasteiger partial charge on any atom is 0.407 e. The van der Waals surface area contributed by atoms with Crippen LogP contribution >= 0.6 is 0 Å². The van der Waals surface area contributed by atoms with Gasteiger partial charge in [0.1, 0.15) is 6.04 Å². The molecular formula is C15H29NO4Si. The van der Waals surface area contributed by atoms with Crippen molar-refractivity contribution < 1.29 is 19.4 Å². The van der Waals surface area contributed by atoms with Gasteiger partial charge >= 0.3 is 12.1 Å². The Labute approximate surface area is 128 Å². The first-order valence-electron chi connectivity index (χ1n) is 7.53. The maximum atomic E-state index is 11.6. The average Bonchev–Trinajstić information content (AvgIpc) is 2.35. The number of carboxylic acids is 1. The van der Waals surface area contributed by atoms with Crippen molar-refractivity contribution in [2.75, 3.05) is 6.61 Å². The normalized spacial score (nSPS) is 12.5. The second kappa shape index (κ2) is 10.4. The highest BCUT2D eigenvalue weighted by atomic mass is 28.3. The van der Waals surface area contributed by atoms with Crippen molar-refractivity contribution in [2.24, 2.45) is 0 Å². The molecule has 0 aromatic heterocycles. The highest BCUT2D eigenvalue weighted by Crippen LogP contribution is 2.09. The number of hydrogen-bond acceptors (Lipinski definition) is 3. The summed E-state index contributed by atoms with van der Waals surface area (Å²) in [5.74, 6) is -1.01. The van der Waals surface area contributed by atoms with Crippen LogP contribution in [0, 0.1) is 0 Å². The number of hydrogen-bond donors (Lipinski definition) is 2. The highest BCUT2D eigenvalue weighted by Gasteiger charge is 2.20. The first kappa shape index (κ1) is 19.7. The van der Waals surface area contributed by atoms with E-state index in [4.69, 9.17) is 9.84 Å². The minimum atomic E-state index is -1.25. The zero-order chi connectivity index (χ0) is 16.3. The summed E-state index contributed by atoms with van der Waals surface area (Å²) in [5, 5.41) is 11.5. The quantitative estimate of drug-likeness (QED) is 0.347. The Morgan fingerprint density at radius 2 is 1.95 bits per heavy atom. The number of unbranched alkanes of at least 4 members (excludes halogenated alkanes) is 3. The molecule has 0 radical (unpaired) electrons. The van der Waals surface area contributed by atoms with Crippen LogP contribution in [0.25, 0.3) is 0 Å². The van der Waals surface area contributed by atoms with Gasteiger partial charge in [0.05, 0.1) is 6.61 Å². The summed E-state index contributed by atoms with van der Waals surface area (Å²) in [6, 6.07) is 0.00723. The van der Waals surface area contributed by atoms with Crippen LogP contribution in [0.5, 0.6) is 0 Å². The number of carbonyl (C=O) groups is 2. The summed E-state index contributed by atoms with van der Waals surface area (Å²) in [6.45, 7) is 10.6. The van der Waals surface area contributed by atoms with Gasteiger partial charge in [0, 0.05) is 8.07 Å². The molecule has 0 bridgehead atoms. The smallest absolute Gasteiger partial charge is 0.407 e. The third kappa shape index (κ3) is 12.2. The van der Waals surface area contributed by atoms with E-state index in [2.05, 4.69) is 31.5 Å². The topological polar surface area (TPSA) is 75.6 Å². The largest absolute Gasteiger partial charge is 0.480 e. The Morgan fingerprint density at radius 3 is 2.48 bits per heavy atom. The number of rotatable bonds is 11. The summed E-state index contributed by atoms with van der Waals surface area (Å²) in [4.78, 5) is 22.7. The van der Waals surface area contributed by atoms with Gasteiger partial charge in [0.2, 0.25) is 0 Å². The van der Waals surface area contributed by atoms with E-state index in [1.54, 1.807) is 0 Å². The van der Waals surface area contributed by atoms with Crippen LogP contribution in [0.3, 0.4) is 0 Å². The van der Waals surface area contributed by atoms with E-state index < -0.39 is 26.2 Å². The van der Waals surface area contributed by atoms with Crippen molar-refractivity contribution in [3.63, 3.8) is 0 Å². The number of carboxylic acid groups (broad SMARTS) is 1. The molecule has 0 fully saturated rings. The molecule has 0 heterocycles. The van der Waals surface area contributed by atoms with Gasteiger partial charge in [-0.15, -0.1) is 6.58 Å². The van der Waals surface area contributed by atoms with E-state index in [-0.39, 0.29) is 0 Å². The number of alkyl carbamates (subject to hydrolysis) is 1. The fourth-order valence-corrected chi connectivity index (χ4v) is 2.42. The van der Waals surface area contributed by atoms with Crippen molar-refractivity contribution in [1.29, 1.82) is 0 Å². The molecule has 0 saturated carbocycles. The van der Waals surface area contributed by atoms with Crippen LogP contribution in [0.2, 0.25) is 25.7 Å². The number of ether oxygens (including phenoxy) is 1. The number of carbonyl (C=O) groups excluding carboxylic acids is 1. The van der Waals surface area contributed by atoms with E-state index in [1.165, 1.54) is 0 Å². The van der Waals surface area contributed by atoms with Gasteiger partial charge in [-0.25, -0.2) is 9.59 Å². The van der Waals surface area contributed by atoms with Gasteiger partial charge < -0.3 is 15.2 Å². The molecule has 0 aromatic rings. The lowest BCUT2D eigenvalue weighted by molar-refractivity contribution is -0.139. The van der Waals surface area contributed by atoms with Gasteiger partial charge in [-0.3, -0.25) is 0 Å². The number of nitrogens with one attached hydrogen (secondary N) is 1. The van der Waals surface area contributed by atoms with Crippen molar-refractivity contribution in [3.05, 3.63) is 12.7 Å². The van der Waals surface area contributed by atoms with Crippen LogP contribution in [-0.2, 0) is 9.53 Å². The summed E-state index contributed by atoms with van der Waals surface area (Å²) >= 11 is 0. The lowest BCUT2D eigenvalue weighted by Crippen LogP contribution is -2.41. The Morgan fingerprint density at radius 1 is 1.29 bits per heavy atom. The predicted molar refractivity (Wildman–Crippen MR) is 87.3 cm³/mol. The Hall–Kier alpha value is -1.30. The first-order valence-corrected chi connectivity index (χ1v) is 11.2. The molecule has 0 aliphatic heterocycles. The van der Waals surface area contributed by atoms with Crippen molar-refractivity contribution in [1.82, 2.24) is 5.32 Å². The molecule has 0 saturated heterocycles. The molecule has 0 aromatic carbocycles. The van der Waals surface area contributed by atoms with Crippen LogP contribution in [0.4, 0.5) is 4.79 Å². The second-order valence-corrected chi connectivity index (χ2v) is 12.0. The third-order valence-electron chi connectivity index (χ3n) is 3.08. The van der Waals surface area contributed by atoms with Gasteiger partial charge in [-0.05, 0) is 25.3 Å². The second-order valence-electron chi connectivity index (χ2n) is 6.41. The molecule has 21 heavy (non-hydrogen) atoms. The molecule has 0 aliphatic carbocycles. The Bertz CT molecular complexity index is 339. The minimum Gasteiger partial charge on any atom is -0.480 e. The fraction of sp³-hybridized carbons (Fsp3) is 0.733. The number of amides is 1. The third-order valence-corrected chi connectivity index (χ3v) is 4.78. The zero-order valence-corrected chi connectivity index (χ0v) is 14.5. The summed E-state index contributed by atoms with van der Waals surface area (Å²) in [5.41, 5.74) is 0. The molecule has 6 heteroatoms. The molecule has 0 spiro atoms. The molecular weight excluding hydrogens is 286 g/mol. The molecule has 0 rings (SSSR count). The lowest BCUT2D eigenvalue weighted by atomic mass is 10.1. The fourth-order valence-electron chi connectivity index (χ4n) is 1.71. The van der Waals surface area contributed by atoms with Crippen LogP contribution in [0.15, 0.2) is 12.7 Å².